The van der Waals surface area contributed by atoms with Crippen molar-refractivity contribution in [3.8, 4) is 0 Å². The van der Waals surface area contributed by atoms with Gasteiger partial charge in [0.2, 0.25) is 0 Å². The van der Waals surface area contributed by atoms with Crippen molar-refractivity contribution < 1.29 is 0 Å². The number of piperidine rings is 1. The van der Waals surface area contributed by atoms with Gasteiger partial charge in [-0.05, 0) is 37.6 Å². The van der Waals surface area contributed by atoms with Crippen LogP contribution in [0.1, 0.15) is 18.4 Å². The van der Waals surface area contributed by atoms with Crippen molar-refractivity contribution in [3.63, 3.8) is 0 Å². The number of rotatable bonds is 3. The quantitative estimate of drug-likeness (QED) is 0.820. The van der Waals surface area contributed by atoms with E-state index in [9.17, 15) is 0 Å². The molecule has 4 heteroatoms. The molecule has 110 valence electrons. The summed E-state index contributed by atoms with van der Waals surface area (Å²) in [4.78, 5) is 5.33. The lowest BCUT2D eigenvalue weighted by Gasteiger charge is -2.40. The largest absolute Gasteiger partial charge is 0.299 e. The first-order chi connectivity index (χ1) is 9.83. The molecule has 3 rings (SSSR count). The number of thioether (sulfide) groups is 1. The third kappa shape index (κ3) is 3.79. The molecule has 0 amide bonds. The van der Waals surface area contributed by atoms with Crippen LogP contribution in [0.3, 0.4) is 0 Å². The molecule has 1 aromatic rings. The van der Waals surface area contributed by atoms with Gasteiger partial charge in [-0.3, -0.25) is 9.80 Å². The Morgan fingerprint density at radius 2 is 1.75 bits per heavy atom. The molecule has 0 bridgehead atoms. The van der Waals surface area contributed by atoms with Crippen molar-refractivity contribution in [1.82, 2.24) is 9.80 Å². The zero-order chi connectivity index (χ0) is 13.8. The van der Waals surface area contributed by atoms with Crippen molar-refractivity contribution in [3.05, 3.63) is 34.3 Å². The molecule has 0 N–H and O–H groups in total. The van der Waals surface area contributed by atoms with E-state index in [0.717, 1.165) is 12.6 Å². The molecular formula is C16H23BrN2S. The first kappa shape index (κ1) is 14.9. The lowest BCUT2D eigenvalue weighted by atomic mass is 10.0. The van der Waals surface area contributed by atoms with E-state index < -0.39 is 0 Å². The van der Waals surface area contributed by atoms with E-state index in [1.54, 1.807) is 0 Å². The molecule has 2 saturated heterocycles. The van der Waals surface area contributed by atoms with Crippen LogP contribution in [-0.2, 0) is 6.54 Å². The van der Waals surface area contributed by atoms with Gasteiger partial charge in [0, 0.05) is 41.7 Å². The zero-order valence-corrected chi connectivity index (χ0v) is 14.3. The Hall–Kier alpha value is -0.0300. The maximum Gasteiger partial charge on any atom is 0.0244 e. The van der Waals surface area contributed by atoms with E-state index >= 15 is 0 Å². The normalized spacial score (nSPS) is 23.1. The minimum absolute atomic E-state index is 0.839. The Morgan fingerprint density at radius 3 is 2.45 bits per heavy atom. The second-order valence-electron chi connectivity index (χ2n) is 5.75. The molecule has 2 aliphatic heterocycles. The summed E-state index contributed by atoms with van der Waals surface area (Å²) in [6.07, 6.45) is 2.68. The van der Waals surface area contributed by atoms with Crippen molar-refractivity contribution in [2.75, 3.05) is 37.7 Å². The highest BCUT2D eigenvalue weighted by atomic mass is 79.9. The van der Waals surface area contributed by atoms with Gasteiger partial charge in [-0.1, -0.05) is 34.1 Å². The van der Waals surface area contributed by atoms with Gasteiger partial charge in [0.15, 0.2) is 0 Å². The third-order valence-electron chi connectivity index (χ3n) is 4.47. The monoisotopic (exact) mass is 354 g/mol. The van der Waals surface area contributed by atoms with Crippen LogP contribution in [0, 0.1) is 0 Å². The van der Waals surface area contributed by atoms with Gasteiger partial charge in [-0.25, -0.2) is 0 Å². The summed E-state index contributed by atoms with van der Waals surface area (Å²) in [5.74, 6) is 2.66. The molecule has 20 heavy (non-hydrogen) atoms. The predicted octanol–water partition coefficient (Wildman–Crippen LogP) is 3.46. The van der Waals surface area contributed by atoms with Crippen LogP contribution in [0.2, 0.25) is 0 Å². The van der Waals surface area contributed by atoms with E-state index in [-0.39, 0.29) is 0 Å². The Kier molecular flexibility index (Phi) is 5.43. The van der Waals surface area contributed by atoms with Crippen LogP contribution in [0.15, 0.2) is 28.7 Å². The molecule has 2 aliphatic rings. The van der Waals surface area contributed by atoms with E-state index in [4.69, 9.17) is 0 Å². The summed E-state index contributed by atoms with van der Waals surface area (Å²) in [6, 6.07) is 9.45. The first-order valence-electron chi connectivity index (χ1n) is 7.60. The number of benzene rings is 1. The summed E-state index contributed by atoms with van der Waals surface area (Å²) in [6.45, 7) is 6.19. The van der Waals surface area contributed by atoms with Gasteiger partial charge >= 0.3 is 0 Å². The zero-order valence-electron chi connectivity index (χ0n) is 11.9. The maximum atomic E-state index is 3.66. The number of hydrogen-bond acceptors (Lipinski definition) is 3. The molecule has 0 radical (unpaired) electrons. The molecule has 1 aromatic carbocycles. The van der Waals surface area contributed by atoms with Gasteiger partial charge in [0.1, 0.15) is 0 Å². The summed E-state index contributed by atoms with van der Waals surface area (Å²) in [5, 5.41) is 0. The van der Waals surface area contributed by atoms with Gasteiger partial charge < -0.3 is 0 Å². The number of hydrogen-bond donors (Lipinski definition) is 0. The lowest BCUT2D eigenvalue weighted by molar-refractivity contribution is 0.112. The molecule has 2 nitrogen and oxygen atoms in total. The standard InChI is InChI=1S/C16H23BrN2S/c17-16-4-2-1-3-14(16)13-18-7-5-15(6-8-18)19-9-11-20-12-10-19/h1-4,15H,5-13H2. The molecule has 0 atom stereocenters. The second-order valence-corrected chi connectivity index (χ2v) is 7.83. The molecule has 0 spiro atoms. The molecule has 2 fully saturated rings. The average molecular weight is 355 g/mol. The van der Waals surface area contributed by atoms with Crippen molar-refractivity contribution in [1.29, 1.82) is 0 Å². The van der Waals surface area contributed by atoms with Crippen molar-refractivity contribution in [2.24, 2.45) is 0 Å². The average Bonchev–Trinajstić information content (AvgIpc) is 2.51. The van der Waals surface area contributed by atoms with Crippen molar-refractivity contribution >= 4 is 27.7 Å². The van der Waals surface area contributed by atoms with E-state index in [1.165, 1.54) is 60.6 Å². The molecule has 0 aromatic heterocycles. The van der Waals surface area contributed by atoms with Gasteiger partial charge in [-0.15, -0.1) is 0 Å². The van der Waals surface area contributed by atoms with Crippen LogP contribution in [0.25, 0.3) is 0 Å². The predicted molar refractivity (Wildman–Crippen MR) is 91.3 cm³/mol. The number of nitrogens with zero attached hydrogens (tertiary/aromatic N) is 2. The van der Waals surface area contributed by atoms with Crippen LogP contribution in [0.5, 0.6) is 0 Å². The minimum atomic E-state index is 0.839. The molecular weight excluding hydrogens is 332 g/mol. The fourth-order valence-electron chi connectivity index (χ4n) is 3.25. The second kappa shape index (κ2) is 7.30. The van der Waals surface area contributed by atoms with Gasteiger partial charge in [0.05, 0.1) is 0 Å². The first-order valence-corrected chi connectivity index (χ1v) is 9.55. The lowest BCUT2D eigenvalue weighted by Crippen LogP contribution is -2.47. The highest BCUT2D eigenvalue weighted by Crippen LogP contribution is 2.23. The van der Waals surface area contributed by atoms with Crippen molar-refractivity contribution in [2.45, 2.75) is 25.4 Å². The highest BCUT2D eigenvalue weighted by molar-refractivity contribution is 9.10. The smallest absolute Gasteiger partial charge is 0.0244 e. The SMILES string of the molecule is Brc1ccccc1CN1CCC(N2CCSCC2)CC1. The van der Waals surface area contributed by atoms with Gasteiger partial charge in [0.25, 0.3) is 0 Å². The topological polar surface area (TPSA) is 6.48 Å². The molecule has 2 heterocycles. The van der Waals surface area contributed by atoms with Gasteiger partial charge in [-0.2, -0.15) is 11.8 Å². The Morgan fingerprint density at radius 1 is 1.05 bits per heavy atom. The fourth-order valence-corrected chi connectivity index (χ4v) is 4.59. The maximum absolute atomic E-state index is 3.66. The number of halogens is 1. The molecule has 0 unspecified atom stereocenters. The van der Waals surface area contributed by atoms with E-state index in [0.29, 0.717) is 0 Å². The summed E-state index contributed by atoms with van der Waals surface area (Å²) >= 11 is 5.77. The van der Waals surface area contributed by atoms with E-state index in [2.05, 4.69) is 61.8 Å². The van der Waals surface area contributed by atoms with Crippen LogP contribution in [-0.4, -0.2) is 53.5 Å². The number of likely N-dealkylation sites (tertiary alicyclic amines) is 1. The summed E-state index contributed by atoms with van der Waals surface area (Å²) < 4.78 is 1.25. The van der Waals surface area contributed by atoms with E-state index in [1.807, 2.05) is 0 Å². The Labute approximate surface area is 135 Å². The van der Waals surface area contributed by atoms with Crippen LogP contribution in [0.4, 0.5) is 0 Å². The Balaban J connectivity index is 1.50. The third-order valence-corrected chi connectivity index (χ3v) is 6.19. The minimum Gasteiger partial charge on any atom is -0.299 e. The fraction of sp³-hybridized carbons (Fsp3) is 0.625. The molecule has 0 aliphatic carbocycles. The highest BCUT2D eigenvalue weighted by Gasteiger charge is 2.25. The Bertz CT molecular complexity index is 426. The molecule has 0 saturated carbocycles. The summed E-state index contributed by atoms with van der Waals surface area (Å²) in [5.41, 5.74) is 1.42. The summed E-state index contributed by atoms with van der Waals surface area (Å²) in [7, 11) is 0. The van der Waals surface area contributed by atoms with Crippen LogP contribution < -0.4 is 0 Å². The van der Waals surface area contributed by atoms with Crippen LogP contribution >= 0.6 is 27.7 Å².